The Hall–Kier alpha value is -2.17. The third-order valence-electron chi connectivity index (χ3n) is 1.97. The predicted octanol–water partition coefficient (Wildman–Crippen LogP) is 1.05. The molecule has 2 rings (SSSR count). The van der Waals surface area contributed by atoms with Gasteiger partial charge in [-0.3, -0.25) is 0 Å². The van der Waals surface area contributed by atoms with Crippen molar-refractivity contribution in [3.8, 4) is 5.69 Å². The molecule has 0 aliphatic heterocycles. The lowest BCUT2D eigenvalue weighted by atomic mass is 10.2. The van der Waals surface area contributed by atoms with E-state index in [1.807, 2.05) is 0 Å². The number of methoxy groups -OCH3 is 1. The van der Waals surface area contributed by atoms with Gasteiger partial charge in [0, 0.05) is 0 Å². The Bertz CT molecular complexity index is 448. The highest BCUT2D eigenvalue weighted by molar-refractivity contribution is 5.89. The SMILES string of the molecule is COC(=O)c1ccc(-n2cncn2)cc1. The molecule has 0 aliphatic rings. The molecule has 0 fully saturated rings. The van der Waals surface area contributed by atoms with Crippen LogP contribution >= 0.6 is 0 Å². The van der Waals surface area contributed by atoms with Crippen LogP contribution in [-0.2, 0) is 4.74 Å². The minimum atomic E-state index is -0.347. The second-order valence-corrected chi connectivity index (χ2v) is 2.88. The van der Waals surface area contributed by atoms with Crippen molar-refractivity contribution in [1.29, 1.82) is 0 Å². The van der Waals surface area contributed by atoms with Crippen LogP contribution in [-0.4, -0.2) is 27.8 Å². The van der Waals surface area contributed by atoms with E-state index in [0.717, 1.165) is 5.69 Å². The van der Waals surface area contributed by atoms with Crippen LogP contribution in [0.15, 0.2) is 36.9 Å². The zero-order chi connectivity index (χ0) is 10.7. The van der Waals surface area contributed by atoms with Crippen molar-refractivity contribution in [2.75, 3.05) is 7.11 Å². The summed E-state index contributed by atoms with van der Waals surface area (Å²) in [7, 11) is 1.35. The van der Waals surface area contributed by atoms with Crippen molar-refractivity contribution in [2.45, 2.75) is 0 Å². The van der Waals surface area contributed by atoms with Gasteiger partial charge in [-0.2, -0.15) is 5.10 Å². The molecule has 2 aromatic rings. The number of nitrogens with zero attached hydrogens (tertiary/aromatic N) is 3. The Labute approximate surface area is 86.3 Å². The summed E-state index contributed by atoms with van der Waals surface area (Å²) in [4.78, 5) is 15.0. The lowest BCUT2D eigenvalue weighted by Gasteiger charge is -2.01. The van der Waals surface area contributed by atoms with Gasteiger partial charge in [-0.15, -0.1) is 0 Å². The van der Waals surface area contributed by atoms with Gasteiger partial charge in [-0.05, 0) is 24.3 Å². The van der Waals surface area contributed by atoms with Crippen LogP contribution < -0.4 is 0 Å². The lowest BCUT2D eigenvalue weighted by Crippen LogP contribution is -2.01. The topological polar surface area (TPSA) is 57.0 Å². The highest BCUT2D eigenvalue weighted by atomic mass is 16.5. The van der Waals surface area contributed by atoms with E-state index in [0.29, 0.717) is 5.56 Å². The number of hydrogen-bond acceptors (Lipinski definition) is 4. The molecule has 0 bridgehead atoms. The van der Waals surface area contributed by atoms with Crippen LogP contribution in [0.25, 0.3) is 5.69 Å². The van der Waals surface area contributed by atoms with E-state index in [4.69, 9.17) is 0 Å². The van der Waals surface area contributed by atoms with Gasteiger partial charge in [0.1, 0.15) is 12.7 Å². The Morgan fingerprint density at radius 2 is 2.07 bits per heavy atom. The highest BCUT2D eigenvalue weighted by Gasteiger charge is 2.04. The van der Waals surface area contributed by atoms with Crippen LogP contribution in [0.4, 0.5) is 0 Å². The van der Waals surface area contributed by atoms with E-state index >= 15 is 0 Å². The third kappa shape index (κ3) is 1.85. The Morgan fingerprint density at radius 3 is 2.60 bits per heavy atom. The molecule has 5 heteroatoms. The molecule has 0 spiro atoms. The lowest BCUT2D eigenvalue weighted by molar-refractivity contribution is 0.0601. The number of carbonyl (C=O) groups excluding carboxylic acids is 1. The van der Waals surface area contributed by atoms with E-state index in [-0.39, 0.29) is 5.97 Å². The summed E-state index contributed by atoms with van der Waals surface area (Å²) in [5, 5.41) is 3.97. The van der Waals surface area contributed by atoms with Gasteiger partial charge in [-0.25, -0.2) is 14.5 Å². The minimum Gasteiger partial charge on any atom is -0.465 e. The molecule has 5 nitrogen and oxygen atoms in total. The van der Waals surface area contributed by atoms with Crippen LogP contribution in [0.5, 0.6) is 0 Å². The number of ether oxygens (including phenoxy) is 1. The summed E-state index contributed by atoms with van der Waals surface area (Å²) in [6, 6.07) is 6.92. The van der Waals surface area contributed by atoms with Crippen LogP contribution in [0, 0.1) is 0 Å². The number of benzene rings is 1. The second-order valence-electron chi connectivity index (χ2n) is 2.88. The molecule has 0 aliphatic carbocycles. The van der Waals surface area contributed by atoms with Crippen molar-refractivity contribution < 1.29 is 9.53 Å². The molecule has 1 aromatic carbocycles. The molecule has 76 valence electrons. The molecule has 1 aromatic heterocycles. The first kappa shape index (κ1) is 9.39. The Morgan fingerprint density at radius 1 is 1.33 bits per heavy atom. The van der Waals surface area contributed by atoms with E-state index in [1.165, 1.54) is 13.4 Å². The van der Waals surface area contributed by atoms with Crippen molar-refractivity contribution in [1.82, 2.24) is 14.8 Å². The molecule has 15 heavy (non-hydrogen) atoms. The standard InChI is InChI=1S/C10H9N3O2/c1-15-10(14)8-2-4-9(5-3-8)13-7-11-6-12-13/h2-7H,1H3. The number of esters is 1. The van der Waals surface area contributed by atoms with Gasteiger partial charge in [0.05, 0.1) is 18.4 Å². The second kappa shape index (κ2) is 3.91. The molecular weight excluding hydrogens is 194 g/mol. The van der Waals surface area contributed by atoms with E-state index in [1.54, 1.807) is 35.3 Å². The normalized spacial score (nSPS) is 9.93. The number of rotatable bonds is 2. The summed E-state index contributed by atoms with van der Waals surface area (Å²) in [5.41, 5.74) is 1.36. The van der Waals surface area contributed by atoms with Gasteiger partial charge in [-0.1, -0.05) is 0 Å². The zero-order valence-corrected chi connectivity index (χ0v) is 8.12. The molecule has 0 unspecified atom stereocenters. The van der Waals surface area contributed by atoms with Crippen molar-refractivity contribution in [3.05, 3.63) is 42.5 Å². The fourth-order valence-corrected chi connectivity index (χ4v) is 1.21. The van der Waals surface area contributed by atoms with E-state index in [2.05, 4.69) is 14.8 Å². The van der Waals surface area contributed by atoms with Crippen LogP contribution in [0.3, 0.4) is 0 Å². The minimum absolute atomic E-state index is 0.347. The number of hydrogen-bond donors (Lipinski definition) is 0. The first-order valence-corrected chi connectivity index (χ1v) is 4.34. The van der Waals surface area contributed by atoms with Gasteiger partial charge >= 0.3 is 5.97 Å². The first-order chi connectivity index (χ1) is 7.31. The van der Waals surface area contributed by atoms with Gasteiger partial charge in [0.2, 0.25) is 0 Å². The Balaban J connectivity index is 2.29. The molecular formula is C10H9N3O2. The van der Waals surface area contributed by atoms with Crippen molar-refractivity contribution in [2.24, 2.45) is 0 Å². The predicted molar refractivity (Wildman–Crippen MR) is 52.7 cm³/mol. The molecule has 0 saturated carbocycles. The summed E-state index contributed by atoms with van der Waals surface area (Å²) < 4.78 is 6.21. The van der Waals surface area contributed by atoms with Crippen molar-refractivity contribution >= 4 is 5.97 Å². The molecule has 0 amide bonds. The van der Waals surface area contributed by atoms with Gasteiger partial charge < -0.3 is 4.74 Å². The van der Waals surface area contributed by atoms with Gasteiger partial charge in [0.25, 0.3) is 0 Å². The zero-order valence-electron chi connectivity index (χ0n) is 8.12. The maximum Gasteiger partial charge on any atom is 0.337 e. The van der Waals surface area contributed by atoms with Gasteiger partial charge in [0.15, 0.2) is 0 Å². The maximum atomic E-state index is 11.2. The van der Waals surface area contributed by atoms with Crippen LogP contribution in [0.1, 0.15) is 10.4 Å². The smallest absolute Gasteiger partial charge is 0.337 e. The average Bonchev–Trinajstić information content (AvgIpc) is 2.82. The van der Waals surface area contributed by atoms with E-state index in [9.17, 15) is 4.79 Å². The Kier molecular flexibility index (Phi) is 2.45. The fourth-order valence-electron chi connectivity index (χ4n) is 1.21. The molecule has 0 saturated heterocycles. The molecule has 1 heterocycles. The highest BCUT2D eigenvalue weighted by Crippen LogP contribution is 2.08. The number of carbonyl (C=O) groups is 1. The van der Waals surface area contributed by atoms with Crippen molar-refractivity contribution in [3.63, 3.8) is 0 Å². The summed E-state index contributed by atoms with van der Waals surface area (Å²) in [5.74, 6) is -0.347. The van der Waals surface area contributed by atoms with Crippen LogP contribution in [0.2, 0.25) is 0 Å². The molecule has 0 radical (unpaired) electrons. The largest absolute Gasteiger partial charge is 0.465 e. The number of aromatic nitrogens is 3. The van der Waals surface area contributed by atoms with E-state index < -0.39 is 0 Å². The average molecular weight is 203 g/mol. The molecule has 0 N–H and O–H groups in total. The summed E-state index contributed by atoms with van der Waals surface area (Å²) in [6.07, 6.45) is 3.04. The monoisotopic (exact) mass is 203 g/mol. The molecule has 0 atom stereocenters. The summed E-state index contributed by atoms with van der Waals surface area (Å²) in [6.45, 7) is 0. The summed E-state index contributed by atoms with van der Waals surface area (Å²) >= 11 is 0. The third-order valence-corrected chi connectivity index (χ3v) is 1.97. The fraction of sp³-hybridized carbons (Fsp3) is 0.100. The maximum absolute atomic E-state index is 11.2. The first-order valence-electron chi connectivity index (χ1n) is 4.34. The quantitative estimate of drug-likeness (QED) is 0.684.